The van der Waals surface area contributed by atoms with E-state index in [0.29, 0.717) is 25.1 Å². The van der Waals surface area contributed by atoms with E-state index in [1.165, 1.54) is 18.4 Å². The molecule has 1 saturated carbocycles. The van der Waals surface area contributed by atoms with Gasteiger partial charge in [0, 0.05) is 12.6 Å². The average Bonchev–Trinajstić information content (AvgIpc) is 3.19. The summed E-state index contributed by atoms with van der Waals surface area (Å²) in [7, 11) is 0. The molecule has 2 nitrogen and oxygen atoms in total. The zero-order valence-electron chi connectivity index (χ0n) is 10.3. The Morgan fingerprint density at radius 1 is 1.22 bits per heavy atom. The summed E-state index contributed by atoms with van der Waals surface area (Å²) in [6, 6.07) is 10.6. The minimum absolute atomic E-state index is 0.334. The molecular formula is C14H19F2NO. The number of hydrogen-bond donors (Lipinski definition) is 1. The number of rotatable bonds is 8. The molecule has 1 aliphatic rings. The van der Waals surface area contributed by atoms with Crippen molar-refractivity contribution in [2.75, 3.05) is 19.8 Å². The number of alkyl halides is 2. The summed E-state index contributed by atoms with van der Waals surface area (Å²) in [5.74, 6) is 0.683. The van der Waals surface area contributed by atoms with Crippen molar-refractivity contribution >= 4 is 0 Å². The third kappa shape index (κ3) is 4.35. The van der Waals surface area contributed by atoms with Gasteiger partial charge in [-0.05, 0) is 24.3 Å². The second kappa shape index (κ2) is 6.81. The molecule has 0 bridgehead atoms. The maximum absolute atomic E-state index is 11.9. The first-order valence-electron chi connectivity index (χ1n) is 6.41. The second-order valence-corrected chi connectivity index (χ2v) is 4.65. The van der Waals surface area contributed by atoms with E-state index in [-0.39, 0.29) is 0 Å². The summed E-state index contributed by atoms with van der Waals surface area (Å²) < 4.78 is 28.6. The maximum atomic E-state index is 11.9. The fraction of sp³-hybridized carbons (Fsp3) is 0.571. The molecule has 1 N–H and O–H groups in total. The molecule has 0 amide bonds. The van der Waals surface area contributed by atoms with Crippen LogP contribution in [0.15, 0.2) is 30.3 Å². The monoisotopic (exact) mass is 255 g/mol. The van der Waals surface area contributed by atoms with Gasteiger partial charge in [-0.3, -0.25) is 0 Å². The van der Waals surface area contributed by atoms with Gasteiger partial charge < -0.3 is 10.1 Å². The van der Waals surface area contributed by atoms with E-state index < -0.39 is 13.0 Å². The molecule has 1 fully saturated rings. The van der Waals surface area contributed by atoms with Crippen LogP contribution in [0.4, 0.5) is 8.78 Å². The second-order valence-electron chi connectivity index (χ2n) is 4.65. The van der Waals surface area contributed by atoms with Crippen molar-refractivity contribution in [3.8, 4) is 0 Å². The van der Waals surface area contributed by atoms with Crippen molar-refractivity contribution in [3.63, 3.8) is 0 Å². The van der Waals surface area contributed by atoms with Crippen molar-refractivity contribution in [1.82, 2.24) is 5.32 Å². The topological polar surface area (TPSA) is 21.3 Å². The van der Waals surface area contributed by atoms with Crippen LogP contribution in [0.25, 0.3) is 0 Å². The lowest BCUT2D eigenvalue weighted by Crippen LogP contribution is -2.27. The van der Waals surface area contributed by atoms with Crippen molar-refractivity contribution < 1.29 is 13.5 Å². The van der Waals surface area contributed by atoms with E-state index in [9.17, 15) is 8.78 Å². The molecule has 2 rings (SSSR count). The van der Waals surface area contributed by atoms with Crippen LogP contribution in [0.2, 0.25) is 0 Å². The summed E-state index contributed by atoms with van der Waals surface area (Å²) in [6.45, 7) is 0.476. The summed E-state index contributed by atoms with van der Waals surface area (Å²) >= 11 is 0. The van der Waals surface area contributed by atoms with Gasteiger partial charge >= 0.3 is 0 Å². The van der Waals surface area contributed by atoms with Crippen molar-refractivity contribution in [3.05, 3.63) is 35.9 Å². The Labute approximate surface area is 106 Å². The van der Waals surface area contributed by atoms with Gasteiger partial charge in [0.25, 0.3) is 6.43 Å². The lowest BCUT2D eigenvalue weighted by molar-refractivity contribution is 0.0180. The first-order chi connectivity index (χ1) is 8.77. The van der Waals surface area contributed by atoms with E-state index in [1.54, 1.807) is 0 Å². The fourth-order valence-corrected chi connectivity index (χ4v) is 2.11. The molecule has 1 aromatic rings. The van der Waals surface area contributed by atoms with Crippen LogP contribution in [0.1, 0.15) is 24.4 Å². The first kappa shape index (κ1) is 13.4. The molecule has 4 heteroatoms. The molecule has 100 valence electrons. The third-order valence-electron chi connectivity index (χ3n) is 3.11. The molecule has 0 saturated heterocycles. The summed E-state index contributed by atoms with van der Waals surface area (Å²) in [6.07, 6.45) is 0.105. The molecule has 1 aliphatic carbocycles. The Kier molecular flexibility index (Phi) is 5.08. The van der Waals surface area contributed by atoms with Crippen LogP contribution in [0, 0.1) is 5.92 Å². The third-order valence-corrected chi connectivity index (χ3v) is 3.11. The normalized spacial score (nSPS) is 17.1. The summed E-state index contributed by atoms with van der Waals surface area (Å²) in [5.41, 5.74) is 1.27. The van der Waals surface area contributed by atoms with Crippen LogP contribution in [0.5, 0.6) is 0 Å². The Balaban J connectivity index is 1.74. The number of ether oxygens (including phenoxy) is 1. The van der Waals surface area contributed by atoms with Gasteiger partial charge in [-0.1, -0.05) is 30.3 Å². The highest BCUT2D eigenvalue weighted by Gasteiger charge is 2.31. The highest BCUT2D eigenvalue weighted by Crippen LogP contribution is 2.40. The van der Waals surface area contributed by atoms with Gasteiger partial charge in [0.2, 0.25) is 0 Å². The van der Waals surface area contributed by atoms with Gasteiger partial charge in [-0.15, -0.1) is 0 Å². The molecule has 1 unspecified atom stereocenters. The molecule has 0 radical (unpaired) electrons. The standard InChI is InChI=1S/C14H19F2NO/c15-13(16)10-18-9-8-17-14(12-6-7-12)11-4-2-1-3-5-11/h1-5,12-14,17H,6-10H2. The van der Waals surface area contributed by atoms with Crippen molar-refractivity contribution in [2.45, 2.75) is 25.3 Å². The first-order valence-corrected chi connectivity index (χ1v) is 6.41. The Morgan fingerprint density at radius 2 is 1.94 bits per heavy atom. The van der Waals surface area contributed by atoms with Crippen LogP contribution >= 0.6 is 0 Å². The lowest BCUT2D eigenvalue weighted by atomic mass is 10.0. The quantitative estimate of drug-likeness (QED) is 0.721. The Morgan fingerprint density at radius 3 is 2.56 bits per heavy atom. The summed E-state index contributed by atoms with van der Waals surface area (Å²) in [4.78, 5) is 0. The number of benzene rings is 1. The van der Waals surface area contributed by atoms with Crippen LogP contribution in [-0.2, 0) is 4.74 Å². The fourth-order valence-electron chi connectivity index (χ4n) is 2.11. The van der Waals surface area contributed by atoms with Crippen LogP contribution < -0.4 is 5.32 Å². The van der Waals surface area contributed by atoms with Gasteiger partial charge in [0.15, 0.2) is 0 Å². The summed E-state index contributed by atoms with van der Waals surface area (Å²) in [5, 5.41) is 3.40. The van der Waals surface area contributed by atoms with E-state index in [0.717, 1.165) is 0 Å². The van der Waals surface area contributed by atoms with E-state index in [1.807, 2.05) is 18.2 Å². The zero-order chi connectivity index (χ0) is 12.8. The predicted molar refractivity (Wildman–Crippen MR) is 66.7 cm³/mol. The molecule has 0 heterocycles. The van der Waals surface area contributed by atoms with Crippen LogP contribution in [0.3, 0.4) is 0 Å². The number of hydrogen-bond acceptors (Lipinski definition) is 2. The maximum Gasteiger partial charge on any atom is 0.261 e. The van der Waals surface area contributed by atoms with Gasteiger partial charge in [0.1, 0.15) is 6.61 Å². The Hall–Kier alpha value is -1.00. The molecule has 1 atom stereocenters. The highest BCUT2D eigenvalue weighted by atomic mass is 19.3. The average molecular weight is 255 g/mol. The zero-order valence-corrected chi connectivity index (χ0v) is 10.3. The van der Waals surface area contributed by atoms with Crippen molar-refractivity contribution in [2.24, 2.45) is 5.92 Å². The van der Waals surface area contributed by atoms with Gasteiger partial charge in [-0.25, -0.2) is 8.78 Å². The van der Waals surface area contributed by atoms with E-state index in [2.05, 4.69) is 17.4 Å². The van der Waals surface area contributed by atoms with Gasteiger partial charge in [0.05, 0.1) is 6.61 Å². The molecule has 0 aliphatic heterocycles. The highest BCUT2D eigenvalue weighted by molar-refractivity contribution is 5.21. The smallest absolute Gasteiger partial charge is 0.261 e. The minimum atomic E-state index is -2.38. The van der Waals surface area contributed by atoms with Crippen LogP contribution in [-0.4, -0.2) is 26.2 Å². The molecular weight excluding hydrogens is 236 g/mol. The predicted octanol–water partition coefficient (Wildman–Crippen LogP) is 3.01. The van der Waals surface area contributed by atoms with E-state index in [4.69, 9.17) is 4.74 Å². The molecule has 0 aromatic heterocycles. The van der Waals surface area contributed by atoms with Gasteiger partial charge in [-0.2, -0.15) is 0 Å². The SMILES string of the molecule is FC(F)COCCNC(c1ccccc1)C1CC1. The Bertz CT molecular complexity index is 341. The molecule has 18 heavy (non-hydrogen) atoms. The molecule has 1 aromatic carbocycles. The van der Waals surface area contributed by atoms with Crippen molar-refractivity contribution in [1.29, 1.82) is 0 Å². The number of nitrogens with one attached hydrogen (secondary N) is 1. The lowest BCUT2D eigenvalue weighted by Gasteiger charge is -2.18. The largest absolute Gasteiger partial charge is 0.374 e. The number of halogens is 2. The van der Waals surface area contributed by atoms with E-state index >= 15 is 0 Å². The minimum Gasteiger partial charge on any atom is -0.374 e. The molecule has 0 spiro atoms.